The van der Waals surface area contributed by atoms with Crippen LogP contribution in [0.5, 0.6) is 5.75 Å². The summed E-state index contributed by atoms with van der Waals surface area (Å²) in [5, 5.41) is 9.11. The number of carboxylic acids is 1. The number of hydrogen-bond donors (Lipinski definition) is 2. The maximum absolute atomic E-state index is 12.6. The third-order valence-corrected chi connectivity index (χ3v) is 5.01. The first kappa shape index (κ1) is 16.8. The van der Waals surface area contributed by atoms with E-state index in [1.54, 1.807) is 38.1 Å². The van der Waals surface area contributed by atoms with E-state index in [0.717, 1.165) is 6.07 Å². The van der Waals surface area contributed by atoms with Crippen LogP contribution in [0.2, 0.25) is 0 Å². The Balaban J connectivity index is 2.44. The number of anilines is 1. The Labute approximate surface area is 134 Å². The Bertz CT molecular complexity index is 842. The first-order valence-corrected chi connectivity index (χ1v) is 8.24. The lowest BCUT2D eigenvalue weighted by molar-refractivity contribution is 0.0696. The van der Waals surface area contributed by atoms with Crippen LogP contribution < -0.4 is 9.46 Å². The highest BCUT2D eigenvalue weighted by Gasteiger charge is 2.21. The lowest BCUT2D eigenvalue weighted by Gasteiger charge is -2.13. The minimum atomic E-state index is -3.90. The van der Waals surface area contributed by atoms with Gasteiger partial charge in [0.25, 0.3) is 10.0 Å². The van der Waals surface area contributed by atoms with Gasteiger partial charge in [-0.25, -0.2) is 13.2 Å². The monoisotopic (exact) mass is 335 g/mol. The third-order valence-electron chi connectivity index (χ3n) is 3.50. The van der Waals surface area contributed by atoms with Gasteiger partial charge in [-0.1, -0.05) is 0 Å². The van der Waals surface area contributed by atoms with Crippen molar-refractivity contribution in [1.29, 1.82) is 0 Å². The Morgan fingerprint density at radius 3 is 2.26 bits per heavy atom. The van der Waals surface area contributed by atoms with Gasteiger partial charge in [0, 0.05) is 5.69 Å². The molecule has 2 aromatic carbocycles. The number of carboxylic acid groups (broad SMARTS) is 1. The molecule has 0 atom stereocenters. The number of methoxy groups -OCH3 is 1. The molecule has 122 valence electrons. The summed E-state index contributed by atoms with van der Waals surface area (Å²) in [6.07, 6.45) is 0. The summed E-state index contributed by atoms with van der Waals surface area (Å²) in [5.74, 6) is -0.568. The van der Waals surface area contributed by atoms with Crippen molar-refractivity contribution in [2.24, 2.45) is 0 Å². The molecule has 0 bridgehead atoms. The number of rotatable bonds is 5. The van der Waals surface area contributed by atoms with Gasteiger partial charge in [0.2, 0.25) is 0 Å². The molecule has 0 aliphatic carbocycles. The normalized spacial score (nSPS) is 11.1. The highest BCUT2D eigenvalue weighted by atomic mass is 32.2. The van der Waals surface area contributed by atoms with Crippen molar-refractivity contribution >= 4 is 21.7 Å². The molecule has 6 nitrogen and oxygen atoms in total. The molecular weight excluding hydrogens is 318 g/mol. The Hall–Kier alpha value is -2.54. The van der Waals surface area contributed by atoms with Crippen molar-refractivity contribution < 1.29 is 23.1 Å². The highest BCUT2D eigenvalue weighted by Crippen LogP contribution is 2.24. The lowest BCUT2D eigenvalue weighted by Crippen LogP contribution is -2.16. The molecule has 0 spiro atoms. The van der Waals surface area contributed by atoms with Crippen LogP contribution in [0.15, 0.2) is 41.3 Å². The zero-order valence-corrected chi connectivity index (χ0v) is 13.8. The van der Waals surface area contributed by atoms with Crippen LogP contribution in [0, 0.1) is 13.8 Å². The summed E-state index contributed by atoms with van der Waals surface area (Å²) in [7, 11) is -2.38. The van der Waals surface area contributed by atoms with E-state index in [4.69, 9.17) is 9.84 Å². The summed E-state index contributed by atoms with van der Waals surface area (Å²) in [6, 6.07) is 9.01. The second-order valence-corrected chi connectivity index (χ2v) is 6.71. The van der Waals surface area contributed by atoms with Crippen molar-refractivity contribution in [2.75, 3.05) is 11.8 Å². The molecule has 0 aromatic heterocycles. The maximum atomic E-state index is 12.6. The predicted molar refractivity (Wildman–Crippen MR) is 86.7 cm³/mol. The van der Waals surface area contributed by atoms with Crippen LogP contribution >= 0.6 is 0 Å². The molecule has 0 radical (unpaired) electrons. The van der Waals surface area contributed by atoms with Gasteiger partial charge in [-0.05, 0) is 61.4 Å². The van der Waals surface area contributed by atoms with E-state index in [-0.39, 0.29) is 10.5 Å². The molecule has 23 heavy (non-hydrogen) atoms. The van der Waals surface area contributed by atoms with Crippen molar-refractivity contribution in [3.8, 4) is 5.75 Å². The van der Waals surface area contributed by atoms with Crippen molar-refractivity contribution in [2.45, 2.75) is 18.7 Å². The van der Waals surface area contributed by atoms with Crippen LogP contribution in [0.1, 0.15) is 21.5 Å². The molecule has 2 rings (SSSR count). The van der Waals surface area contributed by atoms with Gasteiger partial charge in [0.1, 0.15) is 5.75 Å². The Kier molecular flexibility index (Phi) is 4.60. The largest absolute Gasteiger partial charge is 0.497 e. The first-order valence-electron chi connectivity index (χ1n) is 6.76. The van der Waals surface area contributed by atoms with Gasteiger partial charge in [-0.2, -0.15) is 0 Å². The van der Waals surface area contributed by atoms with Gasteiger partial charge >= 0.3 is 5.97 Å². The van der Waals surface area contributed by atoms with Gasteiger partial charge < -0.3 is 9.84 Å². The smallest absolute Gasteiger partial charge is 0.335 e. The first-order chi connectivity index (χ1) is 10.7. The number of benzene rings is 2. The molecule has 0 unspecified atom stereocenters. The van der Waals surface area contributed by atoms with E-state index in [2.05, 4.69) is 4.72 Å². The second-order valence-electron chi connectivity index (χ2n) is 5.06. The molecule has 0 saturated carbocycles. The number of ether oxygens (including phenoxy) is 1. The average Bonchev–Trinajstić information content (AvgIpc) is 2.49. The standard InChI is InChI=1S/C16H17NO5S/c1-10-8-12(16(18)19)9-15(11(10)2)23(20,21)17-13-4-6-14(22-3)7-5-13/h4-9,17H,1-3H3,(H,18,19). The van der Waals surface area contributed by atoms with Crippen molar-refractivity contribution in [3.63, 3.8) is 0 Å². The molecule has 0 saturated heterocycles. The van der Waals surface area contributed by atoms with Crippen molar-refractivity contribution in [1.82, 2.24) is 0 Å². The molecule has 0 aliphatic heterocycles. The van der Waals surface area contributed by atoms with Crippen LogP contribution in [0.25, 0.3) is 0 Å². The van der Waals surface area contributed by atoms with Crippen LogP contribution in [0.4, 0.5) is 5.69 Å². The van der Waals surface area contributed by atoms with Gasteiger partial charge in [0.15, 0.2) is 0 Å². The SMILES string of the molecule is COc1ccc(NS(=O)(=O)c2cc(C(=O)O)cc(C)c2C)cc1. The Morgan fingerprint density at radius 1 is 1.13 bits per heavy atom. The van der Waals surface area contributed by atoms with E-state index in [1.165, 1.54) is 13.2 Å². The van der Waals surface area contributed by atoms with E-state index < -0.39 is 16.0 Å². The molecule has 7 heteroatoms. The van der Waals surface area contributed by atoms with Crippen LogP contribution in [0.3, 0.4) is 0 Å². The number of hydrogen-bond acceptors (Lipinski definition) is 4. The Morgan fingerprint density at radius 2 is 1.74 bits per heavy atom. The predicted octanol–water partition coefficient (Wildman–Crippen LogP) is 2.81. The number of nitrogens with one attached hydrogen (secondary N) is 1. The third kappa shape index (κ3) is 3.62. The van der Waals surface area contributed by atoms with Gasteiger partial charge in [-0.3, -0.25) is 4.72 Å². The fourth-order valence-electron chi connectivity index (χ4n) is 2.10. The summed E-state index contributed by atoms with van der Waals surface area (Å²) in [5.41, 5.74) is 1.41. The molecular formula is C16H17NO5S. The maximum Gasteiger partial charge on any atom is 0.335 e. The van der Waals surface area contributed by atoms with Crippen LogP contribution in [-0.2, 0) is 10.0 Å². The fraction of sp³-hybridized carbons (Fsp3) is 0.188. The van der Waals surface area contributed by atoms with E-state index >= 15 is 0 Å². The average molecular weight is 335 g/mol. The molecule has 0 amide bonds. The number of aryl methyl sites for hydroxylation is 1. The van der Waals surface area contributed by atoms with E-state index in [9.17, 15) is 13.2 Å². The van der Waals surface area contributed by atoms with E-state index in [1.807, 2.05) is 0 Å². The second kappa shape index (κ2) is 6.29. The summed E-state index contributed by atoms with van der Waals surface area (Å²) in [6.45, 7) is 3.32. The van der Waals surface area contributed by atoms with Crippen LogP contribution in [-0.4, -0.2) is 26.6 Å². The minimum absolute atomic E-state index is 0.0503. The minimum Gasteiger partial charge on any atom is -0.497 e. The molecule has 0 aliphatic rings. The molecule has 2 N–H and O–H groups in total. The number of carbonyl (C=O) groups is 1. The van der Waals surface area contributed by atoms with E-state index in [0.29, 0.717) is 22.6 Å². The van der Waals surface area contributed by atoms with Gasteiger partial charge in [0.05, 0.1) is 17.6 Å². The zero-order chi connectivity index (χ0) is 17.2. The molecule has 2 aromatic rings. The van der Waals surface area contributed by atoms with Gasteiger partial charge in [-0.15, -0.1) is 0 Å². The zero-order valence-electron chi connectivity index (χ0n) is 13.0. The number of sulfonamides is 1. The molecule has 0 heterocycles. The molecule has 0 fully saturated rings. The quantitative estimate of drug-likeness (QED) is 0.876. The lowest BCUT2D eigenvalue weighted by atomic mass is 10.1. The topological polar surface area (TPSA) is 92.7 Å². The highest BCUT2D eigenvalue weighted by molar-refractivity contribution is 7.92. The summed E-state index contributed by atoms with van der Waals surface area (Å²) in [4.78, 5) is 11.1. The number of aromatic carboxylic acids is 1. The fourth-order valence-corrected chi connectivity index (χ4v) is 3.50. The summed E-state index contributed by atoms with van der Waals surface area (Å²) >= 11 is 0. The van der Waals surface area contributed by atoms with Crippen molar-refractivity contribution in [3.05, 3.63) is 53.1 Å². The summed E-state index contributed by atoms with van der Waals surface area (Å²) < 4.78 is 32.6.